The maximum absolute atomic E-state index is 12.7. The van der Waals surface area contributed by atoms with Gasteiger partial charge < -0.3 is 19.9 Å². The third kappa shape index (κ3) is 6.42. The number of hydrogen-bond donors (Lipinski definition) is 1. The smallest absolute Gasteiger partial charge is 0.317 e. The van der Waals surface area contributed by atoms with E-state index in [1.165, 1.54) is 6.42 Å². The third-order valence-electron chi connectivity index (χ3n) is 5.51. The summed E-state index contributed by atoms with van der Waals surface area (Å²) in [5.74, 6) is 0. The van der Waals surface area contributed by atoms with Gasteiger partial charge in [-0.2, -0.15) is 0 Å². The fourth-order valence-corrected chi connectivity index (χ4v) is 3.67. The zero-order chi connectivity index (χ0) is 18.3. The van der Waals surface area contributed by atoms with Crippen molar-refractivity contribution >= 4 is 6.03 Å². The number of carbonyl (C=O) groups is 1. The van der Waals surface area contributed by atoms with Crippen LogP contribution in [-0.4, -0.2) is 91.8 Å². The number of ether oxygens (including phenoxy) is 1. The lowest BCUT2D eigenvalue weighted by molar-refractivity contribution is 0.000283. The van der Waals surface area contributed by atoms with Crippen molar-refractivity contribution < 1.29 is 9.53 Å². The second-order valence-corrected chi connectivity index (χ2v) is 8.20. The maximum atomic E-state index is 12.7. The number of rotatable bonds is 7. The van der Waals surface area contributed by atoms with Crippen LogP contribution in [0.3, 0.4) is 0 Å². The number of nitrogens with zero attached hydrogens (tertiary/aromatic N) is 3. The summed E-state index contributed by atoms with van der Waals surface area (Å²) in [6, 6.07) is 0.0539. The molecule has 2 heterocycles. The van der Waals surface area contributed by atoms with Crippen LogP contribution in [0.5, 0.6) is 0 Å². The number of piperazine rings is 1. The van der Waals surface area contributed by atoms with E-state index in [-0.39, 0.29) is 17.7 Å². The Balaban J connectivity index is 1.82. The minimum absolute atomic E-state index is 0.0177. The first-order valence-corrected chi connectivity index (χ1v) is 10.0. The molecular formula is C19H38N4O2. The van der Waals surface area contributed by atoms with Gasteiger partial charge in [-0.1, -0.05) is 6.92 Å². The number of urea groups is 1. The molecule has 2 aliphatic rings. The first kappa shape index (κ1) is 20.5. The summed E-state index contributed by atoms with van der Waals surface area (Å²) >= 11 is 0. The van der Waals surface area contributed by atoms with Crippen LogP contribution >= 0.6 is 0 Å². The van der Waals surface area contributed by atoms with Crippen LogP contribution in [0.4, 0.5) is 4.79 Å². The SMILES string of the molecule is CCCN(CC1CCCCO1)C(=O)NCC(C)(C)N1CCN(C)CC1. The molecule has 6 nitrogen and oxygen atoms in total. The molecule has 146 valence electrons. The van der Waals surface area contributed by atoms with Crippen molar-refractivity contribution in [3.63, 3.8) is 0 Å². The van der Waals surface area contributed by atoms with Gasteiger partial charge >= 0.3 is 6.03 Å². The summed E-state index contributed by atoms with van der Waals surface area (Å²) in [7, 11) is 2.17. The number of hydrogen-bond acceptors (Lipinski definition) is 4. The van der Waals surface area contributed by atoms with Crippen molar-refractivity contribution in [2.24, 2.45) is 0 Å². The maximum Gasteiger partial charge on any atom is 0.317 e. The lowest BCUT2D eigenvalue weighted by atomic mass is 10.0. The summed E-state index contributed by atoms with van der Waals surface area (Å²) in [4.78, 5) is 19.5. The Morgan fingerprint density at radius 1 is 1.24 bits per heavy atom. The van der Waals surface area contributed by atoms with Gasteiger partial charge in [-0.3, -0.25) is 4.90 Å². The van der Waals surface area contributed by atoms with Gasteiger partial charge in [-0.25, -0.2) is 4.79 Å². The molecule has 2 rings (SSSR count). The zero-order valence-corrected chi connectivity index (χ0v) is 16.7. The lowest BCUT2D eigenvalue weighted by Crippen LogP contribution is -2.59. The van der Waals surface area contributed by atoms with Gasteiger partial charge in [0.15, 0.2) is 0 Å². The second-order valence-electron chi connectivity index (χ2n) is 8.20. The molecule has 2 fully saturated rings. The summed E-state index contributed by atoms with van der Waals surface area (Å²) in [6.45, 7) is 13.9. The van der Waals surface area contributed by atoms with E-state index in [0.29, 0.717) is 13.1 Å². The molecule has 0 aromatic heterocycles. The van der Waals surface area contributed by atoms with Gasteiger partial charge in [0.05, 0.1) is 6.10 Å². The molecule has 1 atom stereocenters. The van der Waals surface area contributed by atoms with Crippen LogP contribution in [0, 0.1) is 0 Å². The second kappa shape index (κ2) is 9.74. The molecule has 2 aliphatic heterocycles. The Kier molecular flexibility index (Phi) is 7.97. The number of carbonyl (C=O) groups excluding carboxylic acids is 1. The quantitative estimate of drug-likeness (QED) is 0.760. The highest BCUT2D eigenvalue weighted by Gasteiger charge is 2.30. The predicted molar refractivity (Wildman–Crippen MR) is 102 cm³/mol. The van der Waals surface area contributed by atoms with Gasteiger partial charge in [-0.05, 0) is 46.6 Å². The summed E-state index contributed by atoms with van der Waals surface area (Å²) in [5, 5.41) is 3.18. The van der Waals surface area contributed by atoms with Crippen LogP contribution in [-0.2, 0) is 4.74 Å². The van der Waals surface area contributed by atoms with E-state index in [4.69, 9.17) is 4.74 Å². The normalized spacial score (nSPS) is 23.4. The van der Waals surface area contributed by atoms with E-state index in [9.17, 15) is 4.79 Å². The fraction of sp³-hybridized carbons (Fsp3) is 0.947. The van der Waals surface area contributed by atoms with Crippen molar-refractivity contribution in [3.05, 3.63) is 0 Å². The molecular weight excluding hydrogens is 316 g/mol. The van der Waals surface area contributed by atoms with Crippen molar-refractivity contribution in [1.82, 2.24) is 20.0 Å². The molecule has 2 amide bonds. The first-order valence-electron chi connectivity index (χ1n) is 10.0. The summed E-state index contributed by atoms with van der Waals surface area (Å²) < 4.78 is 5.82. The standard InChI is InChI=1S/C19H38N4O2/c1-5-9-22(15-17-8-6-7-14-25-17)18(24)20-16-19(2,3)23-12-10-21(4)11-13-23/h17H,5-16H2,1-4H3,(H,20,24). The van der Waals surface area contributed by atoms with Gasteiger partial charge in [0.2, 0.25) is 0 Å². The molecule has 6 heteroatoms. The molecule has 1 unspecified atom stereocenters. The van der Waals surface area contributed by atoms with E-state index >= 15 is 0 Å². The van der Waals surface area contributed by atoms with Crippen LogP contribution in [0.25, 0.3) is 0 Å². The summed E-state index contributed by atoms with van der Waals surface area (Å²) in [6.07, 6.45) is 4.61. The topological polar surface area (TPSA) is 48.1 Å². The molecule has 0 aromatic rings. The average Bonchev–Trinajstić information content (AvgIpc) is 2.61. The van der Waals surface area contributed by atoms with E-state index < -0.39 is 0 Å². The van der Waals surface area contributed by atoms with Crippen molar-refractivity contribution in [2.45, 2.75) is 58.1 Å². The highest BCUT2D eigenvalue weighted by Crippen LogP contribution is 2.17. The van der Waals surface area contributed by atoms with Crippen LogP contribution in [0.15, 0.2) is 0 Å². The Bertz CT molecular complexity index is 402. The predicted octanol–water partition coefficient (Wildman–Crippen LogP) is 2.00. The Morgan fingerprint density at radius 3 is 2.56 bits per heavy atom. The van der Waals surface area contributed by atoms with Gasteiger partial charge in [0.1, 0.15) is 0 Å². The summed E-state index contributed by atoms with van der Waals surface area (Å²) in [5.41, 5.74) is -0.0177. The van der Waals surface area contributed by atoms with Crippen LogP contribution in [0.1, 0.15) is 46.5 Å². The number of likely N-dealkylation sites (N-methyl/N-ethyl adjacent to an activating group) is 1. The monoisotopic (exact) mass is 354 g/mol. The van der Waals surface area contributed by atoms with E-state index in [1.807, 2.05) is 4.90 Å². The van der Waals surface area contributed by atoms with Crippen LogP contribution < -0.4 is 5.32 Å². The lowest BCUT2D eigenvalue weighted by Gasteiger charge is -2.43. The molecule has 2 saturated heterocycles. The van der Waals surface area contributed by atoms with E-state index in [2.05, 4.69) is 42.9 Å². The van der Waals surface area contributed by atoms with Crippen molar-refractivity contribution in [3.8, 4) is 0 Å². The van der Waals surface area contributed by atoms with Gasteiger partial charge in [-0.15, -0.1) is 0 Å². The molecule has 0 saturated carbocycles. The third-order valence-corrected chi connectivity index (χ3v) is 5.51. The highest BCUT2D eigenvalue weighted by atomic mass is 16.5. The van der Waals surface area contributed by atoms with E-state index in [0.717, 1.165) is 58.6 Å². The molecule has 1 N–H and O–H groups in total. The number of amides is 2. The van der Waals surface area contributed by atoms with Crippen molar-refractivity contribution in [1.29, 1.82) is 0 Å². The molecule has 0 aromatic carbocycles. The molecule has 0 radical (unpaired) electrons. The molecule has 0 bridgehead atoms. The Morgan fingerprint density at radius 2 is 1.96 bits per heavy atom. The number of nitrogens with one attached hydrogen (secondary N) is 1. The zero-order valence-electron chi connectivity index (χ0n) is 16.7. The minimum Gasteiger partial charge on any atom is -0.376 e. The Hall–Kier alpha value is -0.850. The van der Waals surface area contributed by atoms with Crippen molar-refractivity contribution in [2.75, 3.05) is 59.5 Å². The molecule has 25 heavy (non-hydrogen) atoms. The first-order chi connectivity index (χ1) is 11.9. The molecule has 0 aliphatic carbocycles. The van der Waals surface area contributed by atoms with Crippen LogP contribution in [0.2, 0.25) is 0 Å². The molecule has 0 spiro atoms. The van der Waals surface area contributed by atoms with E-state index in [1.54, 1.807) is 0 Å². The average molecular weight is 355 g/mol. The van der Waals surface area contributed by atoms with Gasteiger partial charge in [0.25, 0.3) is 0 Å². The Labute approximate surface area is 153 Å². The largest absolute Gasteiger partial charge is 0.376 e. The fourth-order valence-electron chi connectivity index (χ4n) is 3.67. The van der Waals surface area contributed by atoms with Gasteiger partial charge in [0, 0.05) is 58.0 Å². The highest BCUT2D eigenvalue weighted by molar-refractivity contribution is 5.74. The minimum atomic E-state index is -0.0177.